The normalized spacial score (nSPS) is 10.6. The van der Waals surface area contributed by atoms with Crippen LogP contribution in [0.25, 0.3) is 6.08 Å². The lowest BCUT2D eigenvalue weighted by molar-refractivity contribution is -0.142. The van der Waals surface area contributed by atoms with Crippen LogP contribution < -0.4 is 14.8 Å². The van der Waals surface area contributed by atoms with Crippen molar-refractivity contribution in [2.45, 2.75) is 6.92 Å². The lowest BCUT2D eigenvalue weighted by Gasteiger charge is -2.12. The molecule has 29 heavy (non-hydrogen) atoms. The number of nitrogens with one attached hydrogen (secondary N) is 1. The van der Waals surface area contributed by atoms with Crippen molar-refractivity contribution in [3.05, 3.63) is 58.6 Å². The highest BCUT2D eigenvalue weighted by atomic mass is 35.5. The van der Waals surface area contributed by atoms with Gasteiger partial charge in [-0.3, -0.25) is 4.79 Å². The first-order valence-electron chi connectivity index (χ1n) is 8.62. The van der Waals surface area contributed by atoms with Gasteiger partial charge >= 0.3 is 5.97 Å². The average molecular weight is 415 g/mol. The van der Waals surface area contributed by atoms with E-state index in [-0.39, 0.29) is 12.2 Å². The van der Waals surface area contributed by atoms with Crippen molar-refractivity contribution in [3.63, 3.8) is 0 Å². The topological polar surface area (TPSA) is 97.6 Å². The number of para-hydroxylation sites is 1. The number of nitrogens with zero attached hydrogens (tertiary/aromatic N) is 1. The molecule has 0 saturated carbocycles. The van der Waals surface area contributed by atoms with Gasteiger partial charge in [-0.05, 0) is 42.8 Å². The van der Waals surface area contributed by atoms with Crippen molar-refractivity contribution in [1.82, 2.24) is 0 Å². The first-order valence-corrected chi connectivity index (χ1v) is 9.00. The Kier molecular flexibility index (Phi) is 8.07. The fourth-order valence-electron chi connectivity index (χ4n) is 2.27. The van der Waals surface area contributed by atoms with Crippen LogP contribution in [-0.4, -0.2) is 32.2 Å². The summed E-state index contributed by atoms with van der Waals surface area (Å²) < 4.78 is 15.5. The second kappa shape index (κ2) is 10.7. The Bertz CT molecular complexity index is 966. The zero-order valence-electron chi connectivity index (χ0n) is 15.9. The van der Waals surface area contributed by atoms with E-state index < -0.39 is 11.9 Å². The molecule has 150 valence electrons. The number of halogens is 1. The van der Waals surface area contributed by atoms with Gasteiger partial charge in [0.1, 0.15) is 11.6 Å². The fourth-order valence-corrected chi connectivity index (χ4v) is 2.45. The van der Waals surface area contributed by atoms with Crippen LogP contribution in [0, 0.1) is 11.3 Å². The summed E-state index contributed by atoms with van der Waals surface area (Å²) in [5.41, 5.74) is 0.835. The summed E-state index contributed by atoms with van der Waals surface area (Å²) in [6.07, 6.45) is 1.42. The number of ether oxygens (including phenoxy) is 3. The van der Waals surface area contributed by atoms with Crippen molar-refractivity contribution in [2.75, 3.05) is 25.6 Å². The smallest absolute Gasteiger partial charge is 0.343 e. The van der Waals surface area contributed by atoms with Crippen LogP contribution in [0.4, 0.5) is 5.69 Å². The number of carbonyl (C=O) groups is 2. The molecule has 0 radical (unpaired) electrons. The molecule has 0 heterocycles. The Morgan fingerprint density at radius 1 is 1.17 bits per heavy atom. The highest BCUT2D eigenvalue weighted by Crippen LogP contribution is 2.29. The van der Waals surface area contributed by atoms with E-state index >= 15 is 0 Å². The highest BCUT2D eigenvalue weighted by molar-refractivity contribution is 6.34. The van der Waals surface area contributed by atoms with Crippen LogP contribution in [0.2, 0.25) is 5.02 Å². The fraction of sp³-hybridized carbons (Fsp3) is 0.190. The third kappa shape index (κ3) is 6.26. The molecule has 0 aliphatic carbocycles. The predicted octanol–water partition coefficient (Wildman–Crippen LogP) is 3.84. The van der Waals surface area contributed by atoms with Gasteiger partial charge in [-0.25, -0.2) is 4.79 Å². The Morgan fingerprint density at radius 2 is 1.93 bits per heavy atom. The Balaban J connectivity index is 2.24. The van der Waals surface area contributed by atoms with Gasteiger partial charge in [-0.15, -0.1) is 0 Å². The molecule has 1 amide bonds. The largest absolute Gasteiger partial charge is 0.490 e. The number of amides is 1. The van der Waals surface area contributed by atoms with Gasteiger partial charge in [0.2, 0.25) is 0 Å². The number of esters is 1. The molecule has 8 heteroatoms. The lowest BCUT2D eigenvalue weighted by atomic mass is 10.1. The van der Waals surface area contributed by atoms with Gasteiger partial charge in [-0.1, -0.05) is 29.8 Å². The van der Waals surface area contributed by atoms with E-state index in [9.17, 15) is 14.9 Å². The molecule has 2 aromatic rings. The molecule has 2 aromatic carbocycles. The summed E-state index contributed by atoms with van der Waals surface area (Å²) >= 11 is 6.03. The molecule has 0 aliphatic heterocycles. The number of anilines is 1. The van der Waals surface area contributed by atoms with Crippen molar-refractivity contribution < 1.29 is 23.8 Å². The summed E-state index contributed by atoms with van der Waals surface area (Å²) in [4.78, 5) is 23.7. The van der Waals surface area contributed by atoms with Crippen molar-refractivity contribution in [1.29, 1.82) is 5.26 Å². The van der Waals surface area contributed by atoms with Crippen LogP contribution in [0.1, 0.15) is 12.5 Å². The number of benzene rings is 2. The third-order valence-corrected chi connectivity index (χ3v) is 3.97. The third-order valence-electron chi connectivity index (χ3n) is 3.64. The number of nitriles is 1. The Labute approximate surface area is 173 Å². The first-order chi connectivity index (χ1) is 14.0. The van der Waals surface area contributed by atoms with E-state index in [1.807, 2.05) is 6.07 Å². The molecular weight excluding hydrogens is 396 g/mol. The van der Waals surface area contributed by atoms with Gasteiger partial charge in [0.25, 0.3) is 5.91 Å². The molecular formula is C21H19ClN2O5. The van der Waals surface area contributed by atoms with Crippen LogP contribution in [0.3, 0.4) is 0 Å². The quantitative estimate of drug-likeness (QED) is 0.400. The summed E-state index contributed by atoms with van der Waals surface area (Å²) in [6, 6.07) is 13.4. The zero-order chi connectivity index (χ0) is 21.2. The Morgan fingerprint density at radius 3 is 2.59 bits per heavy atom. The number of hydrogen-bond donors (Lipinski definition) is 1. The minimum Gasteiger partial charge on any atom is -0.490 e. The standard InChI is InChI=1S/C21H19ClN2O5/c1-3-28-19-11-14(8-9-18(19)29-13-20(25)27-2)10-15(12-23)21(26)24-17-7-5-4-6-16(17)22/h4-11H,3,13H2,1-2H3,(H,24,26)/b15-10+. The SMILES string of the molecule is CCOc1cc(/C=C(\C#N)C(=O)Nc2ccccc2Cl)ccc1OCC(=O)OC. The maximum Gasteiger partial charge on any atom is 0.343 e. The number of carbonyl (C=O) groups excluding carboxylic acids is 2. The maximum atomic E-state index is 12.4. The zero-order valence-corrected chi connectivity index (χ0v) is 16.7. The minimum absolute atomic E-state index is 0.115. The van der Waals surface area contributed by atoms with Crippen LogP contribution in [0.5, 0.6) is 11.5 Å². The number of methoxy groups -OCH3 is 1. The second-order valence-electron chi connectivity index (χ2n) is 5.61. The summed E-state index contributed by atoms with van der Waals surface area (Å²) in [6.45, 7) is 1.89. The molecule has 0 saturated heterocycles. The maximum absolute atomic E-state index is 12.4. The van der Waals surface area contributed by atoms with Crippen LogP contribution >= 0.6 is 11.6 Å². The van der Waals surface area contributed by atoms with Crippen LogP contribution in [0.15, 0.2) is 48.0 Å². The van der Waals surface area contributed by atoms with E-state index in [4.69, 9.17) is 21.1 Å². The molecule has 0 spiro atoms. The van der Waals surface area contributed by atoms with Gasteiger partial charge < -0.3 is 19.5 Å². The number of hydrogen-bond acceptors (Lipinski definition) is 6. The molecule has 0 fully saturated rings. The summed E-state index contributed by atoms with van der Waals surface area (Å²) in [5, 5.41) is 12.4. The Hall–Kier alpha value is -3.50. The van der Waals surface area contributed by atoms with E-state index in [0.717, 1.165) is 0 Å². The lowest BCUT2D eigenvalue weighted by Crippen LogP contribution is -2.14. The summed E-state index contributed by atoms with van der Waals surface area (Å²) in [5.74, 6) is -0.411. The van der Waals surface area contributed by atoms with Gasteiger partial charge in [0.15, 0.2) is 18.1 Å². The van der Waals surface area contributed by atoms with E-state index in [1.54, 1.807) is 49.4 Å². The summed E-state index contributed by atoms with van der Waals surface area (Å²) in [7, 11) is 1.26. The minimum atomic E-state index is -0.593. The molecule has 0 atom stereocenters. The van der Waals surface area contributed by atoms with Crippen LogP contribution in [-0.2, 0) is 14.3 Å². The van der Waals surface area contributed by atoms with E-state index in [2.05, 4.69) is 10.1 Å². The molecule has 7 nitrogen and oxygen atoms in total. The first kappa shape index (κ1) is 21.8. The van der Waals surface area contributed by atoms with Crippen molar-refractivity contribution in [2.24, 2.45) is 0 Å². The molecule has 0 aliphatic rings. The van der Waals surface area contributed by atoms with E-state index in [1.165, 1.54) is 13.2 Å². The predicted molar refractivity (Wildman–Crippen MR) is 109 cm³/mol. The average Bonchev–Trinajstić information content (AvgIpc) is 2.72. The second-order valence-corrected chi connectivity index (χ2v) is 6.01. The molecule has 0 bridgehead atoms. The highest BCUT2D eigenvalue weighted by Gasteiger charge is 2.13. The molecule has 2 rings (SSSR count). The molecule has 1 N–H and O–H groups in total. The molecule has 0 unspecified atom stereocenters. The van der Waals surface area contributed by atoms with Gasteiger partial charge in [-0.2, -0.15) is 5.26 Å². The van der Waals surface area contributed by atoms with E-state index in [0.29, 0.717) is 34.4 Å². The van der Waals surface area contributed by atoms with Crippen molar-refractivity contribution >= 4 is 35.2 Å². The van der Waals surface area contributed by atoms with Gasteiger partial charge in [0, 0.05) is 0 Å². The monoisotopic (exact) mass is 414 g/mol. The number of rotatable bonds is 8. The van der Waals surface area contributed by atoms with Gasteiger partial charge in [0.05, 0.1) is 24.4 Å². The molecule has 0 aromatic heterocycles. The van der Waals surface area contributed by atoms with Crippen molar-refractivity contribution in [3.8, 4) is 17.6 Å².